The Morgan fingerprint density at radius 2 is 1.70 bits per heavy atom. The van der Waals surface area contributed by atoms with Crippen molar-refractivity contribution in [3.8, 4) is 5.75 Å². The predicted molar refractivity (Wildman–Crippen MR) is 157 cm³/mol. The number of sulfonamides is 1. The van der Waals surface area contributed by atoms with Crippen LogP contribution in [0.2, 0.25) is 0 Å². The number of halogens is 5. The molecule has 11 nitrogen and oxygen atoms in total. The van der Waals surface area contributed by atoms with E-state index in [0.29, 0.717) is 17.0 Å². The Labute approximate surface area is 260 Å². The van der Waals surface area contributed by atoms with Crippen molar-refractivity contribution in [2.24, 2.45) is 0 Å². The molecule has 1 aliphatic heterocycles. The third-order valence-electron chi connectivity index (χ3n) is 6.93. The third-order valence-corrected chi connectivity index (χ3v) is 8.85. The Bertz CT molecular complexity index is 1760. The van der Waals surface area contributed by atoms with Gasteiger partial charge < -0.3 is 20.5 Å². The van der Waals surface area contributed by atoms with Crippen molar-refractivity contribution >= 4 is 33.0 Å². The summed E-state index contributed by atoms with van der Waals surface area (Å²) in [5.41, 5.74) is 8.73. The van der Waals surface area contributed by atoms with Gasteiger partial charge >= 0.3 is 12.3 Å². The van der Waals surface area contributed by atoms with E-state index in [4.69, 9.17) is 5.73 Å². The first-order valence-corrected chi connectivity index (χ1v) is 15.1. The number of carboxylic acids is 1. The number of piperazine rings is 1. The Morgan fingerprint density at radius 1 is 1.02 bits per heavy atom. The van der Waals surface area contributed by atoms with Crippen LogP contribution in [0.5, 0.6) is 5.75 Å². The minimum Gasteiger partial charge on any atom is -0.674 e. The van der Waals surface area contributed by atoms with E-state index in [2.05, 4.69) is 19.7 Å². The van der Waals surface area contributed by atoms with Gasteiger partial charge in [-0.1, -0.05) is 36.8 Å². The number of ether oxygens (including phenoxy) is 1. The highest BCUT2D eigenvalue weighted by molar-refractivity contribution is 7.89. The Morgan fingerprint density at radius 3 is 2.28 bits per heavy atom. The largest absolute Gasteiger partial charge is 0.674 e. The monoisotopic (exact) mass is 667 g/mol. The maximum Gasteiger partial charge on any atom is 0.573 e. The van der Waals surface area contributed by atoms with E-state index in [-0.39, 0.29) is 43.1 Å². The molecular weight excluding hydrogens is 639 g/mol. The number of pyridine rings is 1. The lowest BCUT2D eigenvalue weighted by atomic mass is 10.0. The lowest BCUT2D eigenvalue weighted by Gasteiger charge is -2.38. The Kier molecular flexibility index (Phi) is 10.4. The fourth-order valence-electron chi connectivity index (χ4n) is 4.48. The highest BCUT2D eigenvalue weighted by Gasteiger charge is 2.41. The number of fused-ring (bicyclic) bond motifs is 1. The molecule has 0 bridgehead atoms. The summed E-state index contributed by atoms with van der Waals surface area (Å²) in [5, 5.41) is 9.70. The third kappa shape index (κ3) is 8.21. The zero-order valence-electron chi connectivity index (χ0n) is 24.2. The fourth-order valence-corrected chi connectivity index (χ4v) is 6.05. The number of hydrogen-bond donors (Lipinski definition) is 1. The number of carboxylic acid groups (broad SMARTS) is 1. The number of alkyl halides is 5. The number of aliphatic carboxylic acids is 1. The SMILES string of the molecule is CCC(F)(F)c1ccc(C[NH-])cc1.O=C(O)[C@H]1CN(c2cnc3ncccc3n2)CCN1S(=O)(=O)c1ccc(OC(F)(F)F)cc1. The molecule has 246 valence electrons. The predicted octanol–water partition coefficient (Wildman–Crippen LogP) is 5.63. The molecule has 0 spiro atoms. The molecule has 5 rings (SSSR count). The summed E-state index contributed by atoms with van der Waals surface area (Å²) in [4.78, 5) is 25.8. The van der Waals surface area contributed by atoms with E-state index in [0.717, 1.165) is 34.1 Å². The summed E-state index contributed by atoms with van der Waals surface area (Å²) in [6, 6.07) is 11.4. The summed E-state index contributed by atoms with van der Waals surface area (Å²) >= 11 is 0. The molecule has 2 aromatic carbocycles. The molecule has 0 aliphatic carbocycles. The second-order valence-electron chi connectivity index (χ2n) is 9.94. The van der Waals surface area contributed by atoms with Crippen LogP contribution in [0.25, 0.3) is 16.9 Å². The van der Waals surface area contributed by atoms with E-state index >= 15 is 0 Å². The van der Waals surface area contributed by atoms with Crippen LogP contribution in [0.15, 0.2) is 78.0 Å². The van der Waals surface area contributed by atoms with Gasteiger partial charge in [0.2, 0.25) is 10.0 Å². The van der Waals surface area contributed by atoms with Crippen LogP contribution in [0.3, 0.4) is 0 Å². The van der Waals surface area contributed by atoms with Crippen LogP contribution >= 0.6 is 0 Å². The normalized spacial score (nSPS) is 16.1. The molecule has 0 radical (unpaired) electrons. The number of benzene rings is 2. The van der Waals surface area contributed by atoms with Crippen molar-refractivity contribution in [1.29, 1.82) is 0 Å². The zero-order chi connectivity index (χ0) is 33.7. The molecule has 2 aromatic heterocycles. The van der Waals surface area contributed by atoms with Crippen molar-refractivity contribution < 1.29 is 45.0 Å². The lowest BCUT2D eigenvalue weighted by Crippen LogP contribution is -2.58. The number of hydrogen-bond acceptors (Lipinski definition) is 8. The van der Waals surface area contributed by atoms with Crippen molar-refractivity contribution in [3.63, 3.8) is 0 Å². The molecule has 0 saturated carbocycles. The van der Waals surface area contributed by atoms with Gasteiger partial charge in [-0.2, -0.15) is 4.31 Å². The molecule has 1 fully saturated rings. The van der Waals surface area contributed by atoms with Crippen LogP contribution in [0.1, 0.15) is 24.5 Å². The Hall–Kier alpha value is -4.48. The smallest absolute Gasteiger partial charge is 0.573 e. The van der Waals surface area contributed by atoms with E-state index in [1.165, 1.54) is 25.3 Å². The molecule has 3 heterocycles. The van der Waals surface area contributed by atoms with Crippen molar-refractivity contribution in [3.05, 3.63) is 89.9 Å². The van der Waals surface area contributed by atoms with Crippen LogP contribution in [-0.2, 0) is 27.3 Å². The number of carbonyl (C=O) groups is 1. The summed E-state index contributed by atoms with van der Waals surface area (Å²) < 4.78 is 93.8. The zero-order valence-corrected chi connectivity index (χ0v) is 25.0. The van der Waals surface area contributed by atoms with Gasteiger partial charge in [-0.15, -0.1) is 19.7 Å². The van der Waals surface area contributed by atoms with E-state index in [9.17, 15) is 40.3 Å². The first kappa shape index (κ1) is 34.4. The Balaban J connectivity index is 0.000000310. The molecule has 1 atom stereocenters. The van der Waals surface area contributed by atoms with Crippen molar-refractivity contribution in [2.45, 2.75) is 43.1 Å². The van der Waals surface area contributed by atoms with Gasteiger partial charge in [0.25, 0.3) is 5.92 Å². The number of nitrogens with zero attached hydrogens (tertiary/aromatic N) is 5. The highest BCUT2D eigenvalue weighted by Crippen LogP contribution is 2.31. The fraction of sp³-hybridized carbons (Fsp3) is 0.310. The molecule has 0 unspecified atom stereocenters. The summed E-state index contributed by atoms with van der Waals surface area (Å²) in [6.45, 7) is 1.33. The molecular formula is C29H28F5N6O5S-. The quantitative estimate of drug-likeness (QED) is 0.236. The molecule has 2 N–H and O–H groups in total. The van der Waals surface area contributed by atoms with E-state index < -0.39 is 40.1 Å². The van der Waals surface area contributed by atoms with Gasteiger partial charge in [-0.05, 0) is 36.4 Å². The average molecular weight is 668 g/mol. The number of anilines is 1. The molecule has 46 heavy (non-hydrogen) atoms. The van der Waals surface area contributed by atoms with Gasteiger partial charge in [0, 0.05) is 37.8 Å². The maximum atomic E-state index is 13.1. The second-order valence-corrected chi connectivity index (χ2v) is 11.8. The molecule has 4 aromatic rings. The number of rotatable bonds is 8. The first-order chi connectivity index (χ1) is 21.6. The van der Waals surface area contributed by atoms with Gasteiger partial charge in [0.1, 0.15) is 23.1 Å². The molecule has 0 amide bonds. The topological polar surface area (TPSA) is 150 Å². The van der Waals surface area contributed by atoms with Crippen LogP contribution in [-0.4, -0.2) is 70.8 Å². The molecule has 1 aliphatic rings. The number of nitrogens with one attached hydrogen (secondary N) is 1. The lowest BCUT2D eigenvalue weighted by molar-refractivity contribution is -0.274. The minimum absolute atomic E-state index is 0.0344. The first-order valence-electron chi connectivity index (χ1n) is 13.7. The van der Waals surface area contributed by atoms with Crippen molar-refractivity contribution in [2.75, 3.05) is 24.5 Å². The van der Waals surface area contributed by atoms with Crippen LogP contribution < -0.4 is 9.64 Å². The van der Waals surface area contributed by atoms with Gasteiger partial charge in [0.05, 0.1) is 11.1 Å². The van der Waals surface area contributed by atoms with Gasteiger partial charge in [0.15, 0.2) is 5.65 Å². The highest BCUT2D eigenvalue weighted by atomic mass is 32.2. The minimum atomic E-state index is -4.92. The van der Waals surface area contributed by atoms with E-state index in [1.54, 1.807) is 35.4 Å². The summed E-state index contributed by atoms with van der Waals surface area (Å²) in [7, 11) is -4.31. The average Bonchev–Trinajstić information content (AvgIpc) is 3.04. The number of aromatic nitrogens is 3. The van der Waals surface area contributed by atoms with Gasteiger partial charge in [-0.3, -0.25) is 4.79 Å². The van der Waals surface area contributed by atoms with Crippen LogP contribution in [0, 0.1) is 0 Å². The molecule has 17 heteroatoms. The summed E-state index contributed by atoms with van der Waals surface area (Å²) in [5.74, 6) is -4.34. The van der Waals surface area contributed by atoms with Crippen LogP contribution in [0.4, 0.5) is 27.8 Å². The maximum absolute atomic E-state index is 13.1. The standard InChI is InChI=1S/C19H16F3N5O5S.C10H12F2N/c20-19(21,22)32-12-3-5-13(6-4-12)33(30,31)27-9-8-26(11-15(27)18(28)29)16-10-24-17-14(25-16)2-1-7-23-17;1-2-10(11,12)9-5-3-8(7-13)4-6-9/h1-7,10,15H,8-9,11H2,(H,28,29);3-6,13H,2,7H2,1H3/q;-1/t15-;/m1./s1. The van der Waals surface area contributed by atoms with Gasteiger partial charge in [-0.25, -0.2) is 32.2 Å². The van der Waals surface area contributed by atoms with E-state index in [1.807, 2.05) is 0 Å². The second kappa shape index (κ2) is 13.9. The van der Waals surface area contributed by atoms with Crippen molar-refractivity contribution in [1.82, 2.24) is 19.3 Å². The summed E-state index contributed by atoms with van der Waals surface area (Å²) in [6.07, 6.45) is -2.12. The molecule has 1 saturated heterocycles.